The van der Waals surface area contributed by atoms with Gasteiger partial charge < -0.3 is 5.32 Å². The minimum atomic E-state index is 0.940. The van der Waals surface area contributed by atoms with E-state index in [4.69, 9.17) is 0 Å². The van der Waals surface area contributed by atoms with E-state index in [0.717, 1.165) is 19.4 Å². The average molecular weight is 241 g/mol. The summed E-state index contributed by atoms with van der Waals surface area (Å²) < 4.78 is 0. The van der Waals surface area contributed by atoms with Gasteiger partial charge in [0.2, 0.25) is 0 Å². The first-order valence-electron chi connectivity index (χ1n) is 6.80. The lowest BCUT2D eigenvalue weighted by Gasteiger charge is -2.11. The highest BCUT2D eigenvalue weighted by Gasteiger charge is 2.17. The number of allylic oxidation sites excluding steroid dienone is 3. The minimum absolute atomic E-state index is 0.940. The van der Waals surface area contributed by atoms with E-state index >= 15 is 0 Å². The van der Waals surface area contributed by atoms with E-state index in [1.54, 1.807) is 5.57 Å². The Labute approximate surface area is 111 Å². The van der Waals surface area contributed by atoms with Gasteiger partial charge in [0, 0.05) is 12.2 Å². The molecule has 1 aliphatic rings. The van der Waals surface area contributed by atoms with E-state index in [-0.39, 0.29) is 0 Å². The maximum atomic E-state index is 3.98. The van der Waals surface area contributed by atoms with Crippen LogP contribution in [0.2, 0.25) is 0 Å². The Hall–Kier alpha value is -1.50. The molecule has 96 valence electrons. The summed E-state index contributed by atoms with van der Waals surface area (Å²) in [4.78, 5) is 0. The van der Waals surface area contributed by atoms with Crippen molar-refractivity contribution < 1.29 is 0 Å². The Morgan fingerprint density at radius 3 is 2.39 bits per heavy atom. The van der Waals surface area contributed by atoms with Crippen molar-refractivity contribution in [3.63, 3.8) is 0 Å². The molecule has 0 heterocycles. The topological polar surface area (TPSA) is 12.0 Å². The molecule has 0 radical (unpaired) electrons. The number of benzene rings is 1. The number of aryl methyl sites for hydroxylation is 1. The number of rotatable bonds is 6. The Morgan fingerprint density at radius 2 is 1.83 bits per heavy atom. The van der Waals surface area contributed by atoms with Crippen molar-refractivity contribution in [2.24, 2.45) is 0 Å². The first-order valence-corrected chi connectivity index (χ1v) is 6.80. The molecule has 0 atom stereocenters. The van der Waals surface area contributed by atoms with Crippen LogP contribution in [0, 0.1) is 6.92 Å². The zero-order chi connectivity index (χ0) is 13.0. The second kappa shape index (κ2) is 5.90. The third-order valence-corrected chi connectivity index (χ3v) is 3.36. The van der Waals surface area contributed by atoms with Gasteiger partial charge in [-0.05, 0) is 45.1 Å². The molecule has 2 rings (SSSR count). The first-order chi connectivity index (χ1) is 8.65. The Kier molecular flexibility index (Phi) is 4.24. The predicted octanol–water partition coefficient (Wildman–Crippen LogP) is 4.49. The molecule has 0 bridgehead atoms. The lowest BCUT2D eigenvalue weighted by molar-refractivity contribution is 0.739. The smallest absolute Gasteiger partial charge is 0.0397 e. The number of hydrogen-bond donors (Lipinski definition) is 1. The Bertz CT molecular complexity index is 445. The van der Waals surface area contributed by atoms with Gasteiger partial charge in [0.1, 0.15) is 0 Å². The van der Waals surface area contributed by atoms with Crippen molar-refractivity contribution in [1.82, 2.24) is 5.32 Å². The normalized spacial score (nSPS) is 13.3. The van der Waals surface area contributed by atoms with Gasteiger partial charge in [-0.25, -0.2) is 0 Å². The molecule has 18 heavy (non-hydrogen) atoms. The molecule has 0 aliphatic heterocycles. The molecular formula is C17H23N. The highest BCUT2D eigenvalue weighted by atomic mass is 14.9. The highest BCUT2D eigenvalue weighted by molar-refractivity contribution is 5.26. The molecular weight excluding hydrogens is 218 g/mol. The molecule has 1 fully saturated rings. The van der Waals surface area contributed by atoms with Gasteiger partial charge in [0.05, 0.1) is 0 Å². The van der Waals surface area contributed by atoms with Crippen LogP contribution in [0.1, 0.15) is 43.7 Å². The standard InChI is InChI=1S/C17H23N/c1-13(2)4-11-17(16-9-10-16)18-12-15-7-5-14(3)6-8-15/h5-8,18H,1,4,9-12H2,2-3H3. The van der Waals surface area contributed by atoms with Crippen LogP contribution >= 0.6 is 0 Å². The summed E-state index contributed by atoms with van der Waals surface area (Å²) in [6.07, 6.45) is 4.79. The first kappa shape index (κ1) is 12.9. The maximum Gasteiger partial charge on any atom is 0.0397 e. The van der Waals surface area contributed by atoms with E-state index in [1.165, 1.54) is 35.2 Å². The molecule has 0 unspecified atom stereocenters. The van der Waals surface area contributed by atoms with Crippen LogP contribution in [0.25, 0.3) is 0 Å². The molecule has 1 heteroatoms. The highest BCUT2D eigenvalue weighted by Crippen LogP contribution is 2.32. The molecule has 1 nitrogen and oxygen atoms in total. The second-order valence-electron chi connectivity index (χ2n) is 5.38. The lowest BCUT2D eigenvalue weighted by atomic mass is 10.1. The number of hydrogen-bond acceptors (Lipinski definition) is 1. The molecule has 0 saturated heterocycles. The summed E-state index contributed by atoms with van der Waals surface area (Å²) in [6.45, 7) is 9.16. The van der Waals surface area contributed by atoms with Crippen LogP contribution in [0.15, 0.2) is 47.7 Å². The Balaban J connectivity index is 1.89. The summed E-state index contributed by atoms with van der Waals surface area (Å²) in [7, 11) is 0. The molecule has 1 saturated carbocycles. The number of nitrogens with one attached hydrogen (secondary N) is 1. The third-order valence-electron chi connectivity index (χ3n) is 3.36. The van der Waals surface area contributed by atoms with Gasteiger partial charge in [-0.1, -0.05) is 41.0 Å². The van der Waals surface area contributed by atoms with Crippen LogP contribution < -0.4 is 5.32 Å². The summed E-state index contributed by atoms with van der Waals surface area (Å²) in [5.74, 6) is 0. The molecule has 1 aliphatic carbocycles. The fourth-order valence-corrected chi connectivity index (χ4v) is 2.01. The molecule has 0 spiro atoms. The van der Waals surface area contributed by atoms with Crippen LogP contribution in [-0.4, -0.2) is 0 Å². The van der Waals surface area contributed by atoms with Gasteiger partial charge in [-0.3, -0.25) is 0 Å². The summed E-state index contributed by atoms with van der Waals surface area (Å²) in [5.41, 5.74) is 7.02. The third kappa shape index (κ3) is 4.06. The van der Waals surface area contributed by atoms with Crippen LogP contribution in [0.4, 0.5) is 0 Å². The molecule has 1 N–H and O–H groups in total. The van der Waals surface area contributed by atoms with Gasteiger partial charge in [-0.15, -0.1) is 6.58 Å². The van der Waals surface area contributed by atoms with Crippen molar-refractivity contribution >= 4 is 0 Å². The van der Waals surface area contributed by atoms with Crippen LogP contribution in [0.3, 0.4) is 0 Å². The fraction of sp³-hybridized carbons (Fsp3) is 0.412. The zero-order valence-corrected chi connectivity index (χ0v) is 11.6. The average Bonchev–Trinajstić information content (AvgIpc) is 3.15. The zero-order valence-electron chi connectivity index (χ0n) is 11.6. The lowest BCUT2D eigenvalue weighted by Crippen LogP contribution is -2.13. The van der Waals surface area contributed by atoms with E-state index < -0.39 is 0 Å². The van der Waals surface area contributed by atoms with Crippen molar-refractivity contribution in [3.05, 3.63) is 58.8 Å². The molecule has 1 aromatic carbocycles. The van der Waals surface area contributed by atoms with Gasteiger partial charge >= 0.3 is 0 Å². The SMILES string of the molecule is C=C(C)CCC(NCc1ccc(C)cc1)=C1CC1. The molecule has 1 aromatic rings. The molecule has 0 aromatic heterocycles. The molecule has 0 amide bonds. The van der Waals surface area contributed by atoms with E-state index in [1.807, 2.05) is 0 Å². The van der Waals surface area contributed by atoms with Gasteiger partial charge in [0.25, 0.3) is 0 Å². The summed E-state index contributed by atoms with van der Waals surface area (Å²) >= 11 is 0. The summed E-state index contributed by atoms with van der Waals surface area (Å²) in [6, 6.07) is 8.76. The van der Waals surface area contributed by atoms with Gasteiger partial charge in [-0.2, -0.15) is 0 Å². The van der Waals surface area contributed by atoms with Crippen LogP contribution in [-0.2, 0) is 6.54 Å². The fourth-order valence-electron chi connectivity index (χ4n) is 2.01. The van der Waals surface area contributed by atoms with Gasteiger partial charge in [0.15, 0.2) is 0 Å². The Morgan fingerprint density at radius 1 is 1.17 bits per heavy atom. The van der Waals surface area contributed by atoms with E-state index in [2.05, 4.69) is 50.0 Å². The minimum Gasteiger partial charge on any atom is -0.384 e. The largest absolute Gasteiger partial charge is 0.384 e. The van der Waals surface area contributed by atoms with E-state index in [9.17, 15) is 0 Å². The maximum absolute atomic E-state index is 3.98. The summed E-state index contributed by atoms with van der Waals surface area (Å²) in [5, 5.41) is 3.61. The van der Waals surface area contributed by atoms with E-state index in [0.29, 0.717) is 0 Å². The quantitative estimate of drug-likeness (QED) is 0.724. The second-order valence-corrected chi connectivity index (χ2v) is 5.38. The monoisotopic (exact) mass is 241 g/mol. The van der Waals surface area contributed by atoms with Crippen LogP contribution in [0.5, 0.6) is 0 Å². The van der Waals surface area contributed by atoms with Crippen molar-refractivity contribution in [3.8, 4) is 0 Å². The van der Waals surface area contributed by atoms with Crippen molar-refractivity contribution in [2.75, 3.05) is 0 Å². The van der Waals surface area contributed by atoms with Crippen molar-refractivity contribution in [2.45, 2.75) is 46.1 Å². The predicted molar refractivity (Wildman–Crippen MR) is 78.3 cm³/mol. The van der Waals surface area contributed by atoms with Crippen molar-refractivity contribution in [1.29, 1.82) is 0 Å².